The van der Waals surface area contributed by atoms with Gasteiger partial charge in [-0.25, -0.2) is 4.98 Å². The Kier molecular flexibility index (Phi) is 7.01. The van der Waals surface area contributed by atoms with E-state index in [1.165, 1.54) is 0 Å². The monoisotopic (exact) mass is 240 g/mol. The lowest BCUT2D eigenvalue weighted by Gasteiger charge is -2.05. The Labute approximate surface area is 102 Å². The molecule has 0 aliphatic carbocycles. The first-order valence-corrected chi connectivity index (χ1v) is 6.68. The molecule has 4 heteroatoms. The summed E-state index contributed by atoms with van der Waals surface area (Å²) in [6.45, 7) is 3.95. The van der Waals surface area contributed by atoms with Crippen molar-refractivity contribution in [1.82, 2.24) is 4.98 Å². The number of hydrogen-bond donors (Lipinski definition) is 1. The molecule has 1 heterocycles. The third-order valence-corrected chi connectivity index (χ3v) is 3.04. The number of thioether (sulfide) groups is 1. The summed E-state index contributed by atoms with van der Waals surface area (Å²) in [5.74, 6) is 2.02. The van der Waals surface area contributed by atoms with Gasteiger partial charge in [0.25, 0.3) is 0 Å². The van der Waals surface area contributed by atoms with E-state index in [0.29, 0.717) is 0 Å². The zero-order chi connectivity index (χ0) is 11.6. The molecule has 0 radical (unpaired) electrons. The second-order valence-electron chi connectivity index (χ2n) is 3.48. The van der Waals surface area contributed by atoms with Crippen LogP contribution in [0, 0.1) is 0 Å². The molecule has 0 aliphatic heterocycles. The van der Waals surface area contributed by atoms with Gasteiger partial charge in [0.15, 0.2) is 0 Å². The standard InChI is InChI=1S/C12H20N2OS/c1-3-8-13-11-6-4-7-12(14-11)16-10-5-9-15-2/h4,6-7H,3,5,8-10H2,1-2H3,(H,13,14). The molecule has 16 heavy (non-hydrogen) atoms. The van der Waals surface area contributed by atoms with Gasteiger partial charge in [-0.1, -0.05) is 13.0 Å². The van der Waals surface area contributed by atoms with Crippen molar-refractivity contribution in [3.63, 3.8) is 0 Å². The molecule has 0 aromatic carbocycles. The highest BCUT2D eigenvalue weighted by molar-refractivity contribution is 7.99. The summed E-state index contributed by atoms with van der Waals surface area (Å²) in [7, 11) is 1.73. The van der Waals surface area contributed by atoms with Gasteiger partial charge in [-0.3, -0.25) is 0 Å². The summed E-state index contributed by atoms with van der Waals surface area (Å²) in [6.07, 6.45) is 2.18. The van der Waals surface area contributed by atoms with Gasteiger partial charge in [-0.05, 0) is 25.0 Å². The molecule has 0 atom stereocenters. The smallest absolute Gasteiger partial charge is 0.127 e. The average Bonchev–Trinajstić information content (AvgIpc) is 2.33. The number of nitrogens with one attached hydrogen (secondary N) is 1. The fourth-order valence-corrected chi connectivity index (χ4v) is 2.04. The topological polar surface area (TPSA) is 34.1 Å². The van der Waals surface area contributed by atoms with E-state index in [2.05, 4.69) is 23.3 Å². The summed E-state index contributed by atoms with van der Waals surface area (Å²) in [6, 6.07) is 6.10. The van der Waals surface area contributed by atoms with Gasteiger partial charge in [-0.2, -0.15) is 0 Å². The van der Waals surface area contributed by atoms with Crippen molar-refractivity contribution in [2.45, 2.75) is 24.8 Å². The summed E-state index contributed by atoms with van der Waals surface area (Å²) in [5.41, 5.74) is 0. The van der Waals surface area contributed by atoms with Gasteiger partial charge in [0.2, 0.25) is 0 Å². The summed E-state index contributed by atoms with van der Waals surface area (Å²) in [5, 5.41) is 4.37. The lowest BCUT2D eigenvalue weighted by Crippen LogP contribution is -2.01. The summed E-state index contributed by atoms with van der Waals surface area (Å²) < 4.78 is 5.01. The van der Waals surface area contributed by atoms with Crippen molar-refractivity contribution in [2.75, 3.05) is 31.3 Å². The maximum atomic E-state index is 5.01. The minimum Gasteiger partial charge on any atom is -0.385 e. The SMILES string of the molecule is CCCNc1cccc(SCCCOC)n1. The molecule has 1 N–H and O–H groups in total. The normalized spacial score (nSPS) is 10.4. The van der Waals surface area contributed by atoms with E-state index in [-0.39, 0.29) is 0 Å². The molecule has 0 aliphatic rings. The molecule has 90 valence electrons. The van der Waals surface area contributed by atoms with Gasteiger partial charge >= 0.3 is 0 Å². The maximum Gasteiger partial charge on any atom is 0.127 e. The number of rotatable bonds is 8. The number of methoxy groups -OCH3 is 1. The summed E-state index contributed by atoms with van der Waals surface area (Å²) in [4.78, 5) is 4.52. The zero-order valence-corrected chi connectivity index (χ0v) is 10.8. The van der Waals surface area contributed by atoms with Crippen LogP contribution in [0.25, 0.3) is 0 Å². The minimum absolute atomic E-state index is 0.820. The van der Waals surface area contributed by atoms with Crippen molar-refractivity contribution >= 4 is 17.6 Å². The summed E-state index contributed by atoms with van der Waals surface area (Å²) >= 11 is 1.78. The third-order valence-electron chi connectivity index (χ3n) is 2.02. The number of hydrogen-bond acceptors (Lipinski definition) is 4. The highest BCUT2D eigenvalue weighted by atomic mass is 32.2. The Morgan fingerprint density at radius 1 is 1.44 bits per heavy atom. The van der Waals surface area contributed by atoms with Crippen molar-refractivity contribution in [3.05, 3.63) is 18.2 Å². The van der Waals surface area contributed by atoms with Crippen LogP contribution in [0.5, 0.6) is 0 Å². The predicted octanol–water partition coefficient (Wildman–Crippen LogP) is 3.03. The first-order valence-electron chi connectivity index (χ1n) is 5.69. The predicted molar refractivity (Wildman–Crippen MR) is 70.2 cm³/mol. The van der Waals surface area contributed by atoms with E-state index < -0.39 is 0 Å². The van der Waals surface area contributed by atoms with Gasteiger partial charge in [0, 0.05) is 26.0 Å². The number of pyridine rings is 1. The zero-order valence-electron chi connectivity index (χ0n) is 10.0. The van der Waals surface area contributed by atoms with E-state index in [1.54, 1.807) is 18.9 Å². The van der Waals surface area contributed by atoms with Crippen molar-refractivity contribution in [3.8, 4) is 0 Å². The number of ether oxygens (including phenoxy) is 1. The van der Waals surface area contributed by atoms with E-state index >= 15 is 0 Å². The quantitative estimate of drug-likeness (QED) is 0.559. The molecular formula is C12H20N2OS. The van der Waals surface area contributed by atoms with Crippen LogP contribution in [0.3, 0.4) is 0 Å². The molecule has 0 fully saturated rings. The van der Waals surface area contributed by atoms with Gasteiger partial charge in [-0.15, -0.1) is 11.8 Å². The first kappa shape index (κ1) is 13.3. The van der Waals surface area contributed by atoms with E-state index in [9.17, 15) is 0 Å². The number of nitrogens with zero attached hydrogens (tertiary/aromatic N) is 1. The van der Waals surface area contributed by atoms with Crippen LogP contribution in [-0.4, -0.2) is 31.0 Å². The number of anilines is 1. The van der Waals surface area contributed by atoms with Crippen LogP contribution in [0.1, 0.15) is 19.8 Å². The van der Waals surface area contributed by atoms with E-state index in [1.807, 2.05) is 12.1 Å². The van der Waals surface area contributed by atoms with Crippen LogP contribution in [0.4, 0.5) is 5.82 Å². The molecular weight excluding hydrogens is 220 g/mol. The third kappa shape index (κ3) is 5.37. The number of aromatic nitrogens is 1. The Hall–Kier alpha value is -0.740. The Balaban J connectivity index is 2.35. The Bertz CT molecular complexity index is 294. The van der Waals surface area contributed by atoms with E-state index in [4.69, 9.17) is 4.74 Å². The molecule has 0 bridgehead atoms. The van der Waals surface area contributed by atoms with E-state index in [0.717, 1.165) is 42.6 Å². The van der Waals surface area contributed by atoms with Crippen LogP contribution < -0.4 is 5.32 Å². The first-order chi connectivity index (χ1) is 7.86. The lowest BCUT2D eigenvalue weighted by molar-refractivity contribution is 0.200. The van der Waals surface area contributed by atoms with Gasteiger partial charge in [0.05, 0.1) is 5.03 Å². The van der Waals surface area contributed by atoms with Crippen molar-refractivity contribution in [1.29, 1.82) is 0 Å². The largest absolute Gasteiger partial charge is 0.385 e. The molecule has 0 saturated heterocycles. The highest BCUT2D eigenvalue weighted by Crippen LogP contribution is 2.18. The maximum absolute atomic E-state index is 5.01. The van der Waals surface area contributed by atoms with Crippen molar-refractivity contribution < 1.29 is 4.74 Å². The Morgan fingerprint density at radius 3 is 3.06 bits per heavy atom. The fourth-order valence-electron chi connectivity index (χ4n) is 1.23. The second-order valence-corrected chi connectivity index (χ2v) is 4.60. The second kappa shape index (κ2) is 8.42. The molecule has 0 saturated carbocycles. The highest BCUT2D eigenvalue weighted by Gasteiger charge is 1.97. The molecule has 1 aromatic heterocycles. The van der Waals surface area contributed by atoms with Crippen LogP contribution >= 0.6 is 11.8 Å². The van der Waals surface area contributed by atoms with Gasteiger partial charge in [0.1, 0.15) is 5.82 Å². The molecule has 0 spiro atoms. The van der Waals surface area contributed by atoms with Crippen LogP contribution in [0.15, 0.2) is 23.2 Å². The molecule has 1 aromatic rings. The Morgan fingerprint density at radius 2 is 2.31 bits per heavy atom. The average molecular weight is 240 g/mol. The van der Waals surface area contributed by atoms with Crippen LogP contribution in [0.2, 0.25) is 0 Å². The lowest BCUT2D eigenvalue weighted by atomic mass is 10.4. The minimum atomic E-state index is 0.820. The molecule has 0 amide bonds. The molecule has 0 unspecified atom stereocenters. The molecule has 1 rings (SSSR count). The van der Waals surface area contributed by atoms with Gasteiger partial charge < -0.3 is 10.1 Å². The van der Waals surface area contributed by atoms with Crippen LogP contribution in [-0.2, 0) is 4.74 Å². The van der Waals surface area contributed by atoms with Crippen molar-refractivity contribution in [2.24, 2.45) is 0 Å². The fraction of sp³-hybridized carbons (Fsp3) is 0.583. The molecule has 3 nitrogen and oxygen atoms in total.